The summed E-state index contributed by atoms with van der Waals surface area (Å²) in [6, 6.07) is 12.6. The first-order valence-electron chi connectivity index (χ1n) is 6.55. The first-order valence-corrected chi connectivity index (χ1v) is 6.92. The lowest BCUT2D eigenvalue weighted by atomic mass is 10.2. The zero-order valence-corrected chi connectivity index (χ0v) is 12.7. The number of carboxylic acid groups (broad SMARTS) is 1. The van der Waals surface area contributed by atoms with Gasteiger partial charge in [0.25, 0.3) is 0 Å². The fourth-order valence-electron chi connectivity index (χ4n) is 1.82. The molecule has 22 heavy (non-hydrogen) atoms. The third-order valence-corrected chi connectivity index (χ3v) is 3.17. The summed E-state index contributed by atoms with van der Waals surface area (Å²) in [5.41, 5.74) is 1.69. The molecule has 2 aromatic carbocycles. The SMILES string of the molecule is COc1ccc(/C=C/C(=O)O)cc1OCc1ccc(Cl)cc1. The summed E-state index contributed by atoms with van der Waals surface area (Å²) in [6.45, 7) is 0.361. The van der Waals surface area contributed by atoms with Crippen LogP contribution in [0.4, 0.5) is 0 Å². The van der Waals surface area contributed by atoms with Crippen LogP contribution in [0.1, 0.15) is 11.1 Å². The molecular weight excluding hydrogens is 304 g/mol. The zero-order chi connectivity index (χ0) is 15.9. The van der Waals surface area contributed by atoms with E-state index in [0.717, 1.165) is 11.6 Å². The van der Waals surface area contributed by atoms with Crippen molar-refractivity contribution in [3.05, 3.63) is 64.7 Å². The quantitative estimate of drug-likeness (QED) is 0.817. The van der Waals surface area contributed by atoms with Crippen molar-refractivity contribution in [3.63, 3.8) is 0 Å². The van der Waals surface area contributed by atoms with Crippen molar-refractivity contribution in [2.24, 2.45) is 0 Å². The summed E-state index contributed by atoms with van der Waals surface area (Å²) < 4.78 is 11.0. The monoisotopic (exact) mass is 318 g/mol. The van der Waals surface area contributed by atoms with E-state index in [1.807, 2.05) is 12.1 Å². The molecule has 2 rings (SSSR count). The Hall–Kier alpha value is -2.46. The number of methoxy groups -OCH3 is 1. The largest absolute Gasteiger partial charge is 0.493 e. The van der Waals surface area contributed by atoms with E-state index in [-0.39, 0.29) is 0 Å². The molecule has 0 unspecified atom stereocenters. The standard InChI is InChI=1S/C17H15ClO4/c1-21-15-8-4-12(5-9-17(19)20)10-16(15)22-11-13-2-6-14(18)7-3-13/h2-10H,11H2,1H3,(H,19,20)/b9-5+. The number of carbonyl (C=O) groups is 1. The lowest BCUT2D eigenvalue weighted by Crippen LogP contribution is -1.98. The second kappa shape index (κ2) is 7.52. The smallest absolute Gasteiger partial charge is 0.328 e. The van der Waals surface area contributed by atoms with Gasteiger partial charge >= 0.3 is 5.97 Å². The number of ether oxygens (including phenoxy) is 2. The molecule has 0 atom stereocenters. The minimum Gasteiger partial charge on any atom is -0.493 e. The maximum absolute atomic E-state index is 10.6. The van der Waals surface area contributed by atoms with Crippen LogP contribution >= 0.6 is 11.6 Å². The molecule has 0 aliphatic rings. The zero-order valence-electron chi connectivity index (χ0n) is 12.0. The fraction of sp³-hybridized carbons (Fsp3) is 0.118. The first-order chi connectivity index (χ1) is 10.6. The molecule has 0 bridgehead atoms. The Bertz CT molecular complexity index is 678. The van der Waals surface area contributed by atoms with Gasteiger partial charge in [0.15, 0.2) is 11.5 Å². The van der Waals surface area contributed by atoms with Gasteiger partial charge in [-0.15, -0.1) is 0 Å². The molecule has 4 nitrogen and oxygen atoms in total. The van der Waals surface area contributed by atoms with Crippen LogP contribution in [0.3, 0.4) is 0 Å². The maximum Gasteiger partial charge on any atom is 0.328 e. The van der Waals surface area contributed by atoms with Gasteiger partial charge in [-0.1, -0.05) is 29.8 Å². The predicted octanol–water partition coefficient (Wildman–Crippen LogP) is 4.03. The molecule has 0 amide bonds. The molecule has 0 fully saturated rings. The molecule has 0 heterocycles. The van der Waals surface area contributed by atoms with E-state index in [9.17, 15) is 4.79 Å². The molecule has 5 heteroatoms. The van der Waals surface area contributed by atoms with Crippen LogP contribution in [0.15, 0.2) is 48.5 Å². The van der Waals surface area contributed by atoms with E-state index in [4.69, 9.17) is 26.2 Å². The Morgan fingerprint density at radius 2 is 1.91 bits per heavy atom. The molecule has 1 N–H and O–H groups in total. The summed E-state index contributed by atoms with van der Waals surface area (Å²) >= 11 is 5.84. The Labute approximate surface area is 133 Å². The highest BCUT2D eigenvalue weighted by molar-refractivity contribution is 6.30. The summed E-state index contributed by atoms with van der Waals surface area (Å²) in [7, 11) is 1.55. The number of halogens is 1. The molecule has 0 spiro atoms. The van der Waals surface area contributed by atoms with Crippen LogP contribution in [0.2, 0.25) is 5.02 Å². The molecule has 114 valence electrons. The summed E-state index contributed by atoms with van der Waals surface area (Å²) in [4.78, 5) is 10.6. The van der Waals surface area contributed by atoms with Crippen LogP contribution < -0.4 is 9.47 Å². The predicted molar refractivity (Wildman–Crippen MR) is 85.4 cm³/mol. The first kappa shape index (κ1) is 15.9. The van der Waals surface area contributed by atoms with Crippen molar-refractivity contribution >= 4 is 23.6 Å². The van der Waals surface area contributed by atoms with Crippen molar-refractivity contribution in [1.82, 2.24) is 0 Å². The number of rotatable bonds is 6. The molecule has 0 saturated heterocycles. The van der Waals surface area contributed by atoms with Gasteiger partial charge < -0.3 is 14.6 Å². The van der Waals surface area contributed by atoms with E-state index in [1.54, 1.807) is 37.4 Å². The van der Waals surface area contributed by atoms with Crippen LogP contribution in [-0.2, 0) is 11.4 Å². The van der Waals surface area contributed by atoms with Crippen LogP contribution in [-0.4, -0.2) is 18.2 Å². The normalized spacial score (nSPS) is 10.6. The average molecular weight is 319 g/mol. The molecule has 2 aromatic rings. The van der Waals surface area contributed by atoms with E-state index >= 15 is 0 Å². The highest BCUT2D eigenvalue weighted by Crippen LogP contribution is 2.29. The number of benzene rings is 2. The van der Waals surface area contributed by atoms with Gasteiger partial charge in [0.2, 0.25) is 0 Å². The summed E-state index contributed by atoms with van der Waals surface area (Å²) in [6.07, 6.45) is 2.57. The fourth-order valence-corrected chi connectivity index (χ4v) is 1.94. The number of carboxylic acids is 1. The molecule has 0 aliphatic carbocycles. The van der Waals surface area contributed by atoms with Crippen LogP contribution in [0.25, 0.3) is 6.08 Å². The molecule has 0 radical (unpaired) electrons. The van der Waals surface area contributed by atoms with E-state index in [0.29, 0.717) is 28.7 Å². The highest BCUT2D eigenvalue weighted by Gasteiger charge is 2.06. The van der Waals surface area contributed by atoms with Gasteiger partial charge in [0.1, 0.15) is 6.61 Å². The average Bonchev–Trinajstić information content (AvgIpc) is 2.52. The Morgan fingerprint density at radius 1 is 1.18 bits per heavy atom. The minimum absolute atomic E-state index is 0.361. The van der Waals surface area contributed by atoms with Gasteiger partial charge in [-0.2, -0.15) is 0 Å². The van der Waals surface area contributed by atoms with E-state index < -0.39 is 5.97 Å². The minimum atomic E-state index is -1.00. The number of hydrogen-bond donors (Lipinski definition) is 1. The van der Waals surface area contributed by atoms with Crippen molar-refractivity contribution in [2.45, 2.75) is 6.61 Å². The lowest BCUT2D eigenvalue weighted by Gasteiger charge is -2.11. The van der Waals surface area contributed by atoms with E-state index in [2.05, 4.69) is 0 Å². The van der Waals surface area contributed by atoms with Gasteiger partial charge in [0.05, 0.1) is 7.11 Å². The van der Waals surface area contributed by atoms with Crippen molar-refractivity contribution < 1.29 is 19.4 Å². The lowest BCUT2D eigenvalue weighted by molar-refractivity contribution is -0.131. The third-order valence-electron chi connectivity index (χ3n) is 2.91. The van der Waals surface area contributed by atoms with Gasteiger partial charge in [-0.05, 0) is 41.5 Å². The van der Waals surface area contributed by atoms with Gasteiger partial charge in [-0.25, -0.2) is 4.79 Å². The molecular formula is C17H15ClO4. The molecule has 0 aliphatic heterocycles. The van der Waals surface area contributed by atoms with Gasteiger partial charge in [-0.3, -0.25) is 0 Å². The summed E-state index contributed by atoms with van der Waals surface area (Å²) in [5, 5.41) is 9.33. The van der Waals surface area contributed by atoms with E-state index in [1.165, 1.54) is 6.08 Å². The maximum atomic E-state index is 10.6. The molecule has 0 saturated carbocycles. The molecule has 0 aromatic heterocycles. The van der Waals surface area contributed by atoms with Crippen molar-refractivity contribution in [3.8, 4) is 11.5 Å². The third kappa shape index (κ3) is 4.53. The second-order valence-corrected chi connectivity index (χ2v) is 4.93. The second-order valence-electron chi connectivity index (χ2n) is 4.50. The van der Waals surface area contributed by atoms with Crippen LogP contribution in [0, 0.1) is 0 Å². The Kier molecular flexibility index (Phi) is 5.44. The summed E-state index contributed by atoms with van der Waals surface area (Å²) in [5.74, 6) is 0.130. The van der Waals surface area contributed by atoms with Crippen LogP contribution in [0.5, 0.6) is 11.5 Å². The Balaban J connectivity index is 2.15. The number of hydrogen-bond acceptors (Lipinski definition) is 3. The Morgan fingerprint density at radius 3 is 2.55 bits per heavy atom. The van der Waals surface area contributed by atoms with Crippen molar-refractivity contribution in [2.75, 3.05) is 7.11 Å². The van der Waals surface area contributed by atoms with Gasteiger partial charge in [0, 0.05) is 11.1 Å². The topological polar surface area (TPSA) is 55.8 Å². The number of aliphatic carboxylic acids is 1. The van der Waals surface area contributed by atoms with Crippen molar-refractivity contribution in [1.29, 1.82) is 0 Å². The highest BCUT2D eigenvalue weighted by atomic mass is 35.5.